The van der Waals surface area contributed by atoms with Crippen LogP contribution in [0.15, 0.2) is 16.9 Å². The molecule has 0 saturated heterocycles. The molecule has 0 bridgehead atoms. The van der Waals surface area contributed by atoms with Crippen molar-refractivity contribution in [3.05, 3.63) is 33.7 Å². The first-order valence-electron chi connectivity index (χ1n) is 3.41. The third kappa shape index (κ3) is 2.09. The number of rotatable bonds is 1. The van der Waals surface area contributed by atoms with E-state index in [2.05, 4.69) is 0 Å². The SMILES string of the molecule is O=c1ccc(C(F)(F)F)c(C(F)F)[nH]1. The molecular weight excluding hydrogens is 209 g/mol. The Morgan fingerprint density at radius 2 is 1.79 bits per heavy atom. The van der Waals surface area contributed by atoms with E-state index in [1.54, 1.807) is 0 Å². The highest BCUT2D eigenvalue weighted by molar-refractivity contribution is 5.23. The molecule has 1 aromatic heterocycles. The molecule has 0 fully saturated rings. The van der Waals surface area contributed by atoms with Crippen LogP contribution in [0.4, 0.5) is 22.0 Å². The molecule has 0 atom stereocenters. The first-order valence-corrected chi connectivity index (χ1v) is 3.41. The van der Waals surface area contributed by atoms with Gasteiger partial charge < -0.3 is 4.98 Å². The maximum atomic E-state index is 12.1. The maximum Gasteiger partial charge on any atom is 0.418 e. The predicted molar refractivity (Wildman–Crippen MR) is 37.0 cm³/mol. The number of hydrogen-bond acceptors (Lipinski definition) is 1. The number of pyridine rings is 1. The second kappa shape index (κ2) is 3.39. The number of nitrogens with one attached hydrogen (secondary N) is 1. The van der Waals surface area contributed by atoms with Crippen LogP contribution in [0, 0.1) is 0 Å². The van der Waals surface area contributed by atoms with Gasteiger partial charge in [-0.25, -0.2) is 8.78 Å². The monoisotopic (exact) mass is 213 g/mol. The molecule has 14 heavy (non-hydrogen) atoms. The summed E-state index contributed by atoms with van der Waals surface area (Å²) in [5, 5.41) is 0. The minimum atomic E-state index is -4.89. The summed E-state index contributed by atoms with van der Waals surface area (Å²) in [6, 6.07) is 0.884. The maximum absolute atomic E-state index is 12.1. The third-order valence-corrected chi connectivity index (χ3v) is 1.47. The van der Waals surface area contributed by atoms with Gasteiger partial charge in [-0.1, -0.05) is 0 Å². The molecule has 0 saturated carbocycles. The van der Waals surface area contributed by atoms with Crippen molar-refractivity contribution in [3.63, 3.8) is 0 Å². The minimum absolute atomic E-state index is 0.334. The molecule has 0 aliphatic rings. The van der Waals surface area contributed by atoms with E-state index in [9.17, 15) is 26.7 Å². The highest BCUT2D eigenvalue weighted by Crippen LogP contribution is 2.34. The molecule has 1 rings (SSSR count). The van der Waals surface area contributed by atoms with Gasteiger partial charge in [0.25, 0.3) is 6.43 Å². The zero-order chi connectivity index (χ0) is 10.9. The zero-order valence-corrected chi connectivity index (χ0v) is 6.53. The molecule has 1 heterocycles. The predicted octanol–water partition coefficient (Wildman–Crippen LogP) is 2.33. The van der Waals surface area contributed by atoms with Crippen LogP contribution < -0.4 is 5.56 Å². The summed E-state index contributed by atoms with van der Waals surface area (Å²) in [5.41, 5.74) is -3.91. The lowest BCUT2D eigenvalue weighted by molar-refractivity contribution is -0.140. The van der Waals surface area contributed by atoms with Crippen molar-refractivity contribution < 1.29 is 22.0 Å². The number of hydrogen-bond donors (Lipinski definition) is 1. The molecule has 2 nitrogen and oxygen atoms in total. The average molecular weight is 213 g/mol. The summed E-state index contributed by atoms with van der Waals surface area (Å²) in [6.07, 6.45) is -8.25. The van der Waals surface area contributed by atoms with E-state index in [1.165, 1.54) is 4.98 Å². The highest BCUT2D eigenvalue weighted by atomic mass is 19.4. The summed E-state index contributed by atoms with van der Waals surface area (Å²) >= 11 is 0. The van der Waals surface area contributed by atoms with E-state index in [4.69, 9.17) is 0 Å². The van der Waals surface area contributed by atoms with Gasteiger partial charge >= 0.3 is 6.18 Å². The van der Waals surface area contributed by atoms with E-state index in [0.717, 1.165) is 0 Å². The fourth-order valence-corrected chi connectivity index (χ4v) is 0.910. The fourth-order valence-electron chi connectivity index (χ4n) is 0.910. The summed E-state index contributed by atoms with van der Waals surface area (Å²) in [7, 11) is 0. The smallest absolute Gasteiger partial charge is 0.321 e. The Labute approximate surface area is 74.4 Å². The normalized spacial score (nSPS) is 12.1. The molecule has 0 radical (unpaired) electrons. The summed E-state index contributed by atoms with van der Waals surface area (Å²) < 4.78 is 60.4. The lowest BCUT2D eigenvalue weighted by Gasteiger charge is -2.10. The van der Waals surface area contributed by atoms with Crippen LogP contribution in [-0.2, 0) is 6.18 Å². The number of aromatic amines is 1. The van der Waals surface area contributed by atoms with Crippen LogP contribution in [-0.4, -0.2) is 4.98 Å². The van der Waals surface area contributed by atoms with Crippen LogP contribution in [0.1, 0.15) is 17.7 Å². The Bertz CT molecular complexity index is 380. The van der Waals surface area contributed by atoms with Crippen molar-refractivity contribution in [2.75, 3.05) is 0 Å². The highest BCUT2D eigenvalue weighted by Gasteiger charge is 2.36. The van der Waals surface area contributed by atoms with Gasteiger partial charge in [0.2, 0.25) is 5.56 Å². The molecule has 0 aliphatic heterocycles. The Hall–Kier alpha value is -1.40. The zero-order valence-electron chi connectivity index (χ0n) is 6.53. The second-order valence-electron chi connectivity index (χ2n) is 2.45. The molecule has 0 aliphatic carbocycles. The van der Waals surface area contributed by atoms with E-state index in [1.807, 2.05) is 0 Å². The molecule has 0 aromatic carbocycles. The van der Waals surface area contributed by atoms with E-state index >= 15 is 0 Å². The molecule has 7 heteroatoms. The van der Waals surface area contributed by atoms with Gasteiger partial charge in [0.15, 0.2) is 0 Å². The Morgan fingerprint density at radius 3 is 2.21 bits per heavy atom. The van der Waals surface area contributed by atoms with Crippen molar-refractivity contribution in [1.82, 2.24) is 4.98 Å². The third-order valence-electron chi connectivity index (χ3n) is 1.47. The van der Waals surface area contributed by atoms with Gasteiger partial charge in [-0.2, -0.15) is 13.2 Å². The fraction of sp³-hybridized carbons (Fsp3) is 0.286. The summed E-state index contributed by atoms with van der Waals surface area (Å²) in [5.74, 6) is 0. The van der Waals surface area contributed by atoms with Crippen LogP contribution in [0.5, 0.6) is 0 Å². The lowest BCUT2D eigenvalue weighted by Crippen LogP contribution is -2.16. The molecule has 0 spiro atoms. The minimum Gasteiger partial charge on any atom is -0.321 e. The van der Waals surface area contributed by atoms with Crippen LogP contribution >= 0.6 is 0 Å². The first-order chi connectivity index (χ1) is 6.32. The molecule has 0 unspecified atom stereocenters. The van der Waals surface area contributed by atoms with Crippen molar-refractivity contribution in [2.45, 2.75) is 12.6 Å². The quantitative estimate of drug-likeness (QED) is 0.713. The Morgan fingerprint density at radius 1 is 1.21 bits per heavy atom. The van der Waals surface area contributed by atoms with E-state index in [-0.39, 0.29) is 0 Å². The van der Waals surface area contributed by atoms with E-state index < -0.39 is 29.4 Å². The van der Waals surface area contributed by atoms with Gasteiger partial charge in [-0.05, 0) is 6.07 Å². The number of aromatic nitrogens is 1. The second-order valence-corrected chi connectivity index (χ2v) is 2.45. The number of alkyl halides is 5. The Kier molecular flexibility index (Phi) is 2.59. The van der Waals surface area contributed by atoms with Crippen molar-refractivity contribution in [1.29, 1.82) is 0 Å². The Balaban J connectivity index is 3.37. The standard InChI is InChI=1S/C7H4F5NO/c8-6(9)5-3(7(10,11)12)1-2-4(14)13-5/h1-2,6H,(H,13,14). The van der Waals surface area contributed by atoms with Gasteiger partial charge in [0, 0.05) is 6.07 Å². The molecule has 78 valence electrons. The van der Waals surface area contributed by atoms with Crippen LogP contribution in [0.2, 0.25) is 0 Å². The van der Waals surface area contributed by atoms with Crippen molar-refractivity contribution in [2.24, 2.45) is 0 Å². The molecule has 1 aromatic rings. The number of H-pyrrole nitrogens is 1. The molecule has 1 N–H and O–H groups in total. The van der Waals surface area contributed by atoms with Gasteiger partial charge in [0.1, 0.15) is 0 Å². The average Bonchev–Trinajstić information content (AvgIpc) is 2.01. The topological polar surface area (TPSA) is 32.9 Å². The molecular formula is C7H4F5NO. The molecule has 0 amide bonds. The summed E-state index contributed by atoms with van der Waals surface area (Å²) in [6.45, 7) is 0. The summed E-state index contributed by atoms with van der Waals surface area (Å²) in [4.78, 5) is 12.0. The largest absolute Gasteiger partial charge is 0.418 e. The van der Waals surface area contributed by atoms with Gasteiger partial charge in [-0.15, -0.1) is 0 Å². The van der Waals surface area contributed by atoms with E-state index in [0.29, 0.717) is 12.1 Å². The van der Waals surface area contributed by atoms with Crippen molar-refractivity contribution >= 4 is 0 Å². The van der Waals surface area contributed by atoms with Gasteiger partial charge in [0.05, 0.1) is 11.3 Å². The first kappa shape index (κ1) is 10.7. The van der Waals surface area contributed by atoms with Crippen molar-refractivity contribution in [3.8, 4) is 0 Å². The lowest BCUT2D eigenvalue weighted by atomic mass is 10.2. The van der Waals surface area contributed by atoms with Crippen LogP contribution in [0.25, 0.3) is 0 Å². The number of halogens is 5. The van der Waals surface area contributed by atoms with Gasteiger partial charge in [-0.3, -0.25) is 4.79 Å². The van der Waals surface area contributed by atoms with Crippen LogP contribution in [0.3, 0.4) is 0 Å².